The van der Waals surface area contributed by atoms with Crippen molar-refractivity contribution in [3.05, 3.63) is 35.6 Å². The lowest BCUT2D eigenvalue weighted by Gasteiger charge is -2.27. The van der Waals surface area contributed by atoms with Gasteiger partial charge in [0.05, 0.1) is 0 Å². The highest BCUT2D eigenvalue weighted by molar-refractivity contribution is 5.20. The third-order valence-corrected chi connectivity index (χ3v) is 3.64. The minimum atomic E-state index is -0.0924. The van der Waals surface area contributed by atoms with Crippen LogP contribution in [-0.4, -0.2) is 30.6 Å². The Balaban J connectivity index is 2.09. The maximum absolute atomic E-state index is 13.7. The van der Waals surface area contributed by atoms with Crippen molar-refractivity contribution in [3.8, 4) is 0 Å². The van der Waals surface area contributed by atoms with Crippen molar-refractivity contribution in [1.29, 1.82) is 0 Å². The lowest BCUT2D eigenvalue weighted by atomic mass is 10.1. The zero-order valence-corrected chi connectivity index (χ0v) is 10.6. The van der Waals surface area contributed by atoms with Crippen LogP contribution in [0.2, 0.25) is 0 Å². The first kappa shape index (κ1) is 12.5. The van der Waals surface area contributed by atoms with Gasteiger partial charge < -0.3 is 5.32 Å². The summed E-state index contributed by atoms with van der Waals surface area (Å²) >= 11 is 0. The van der Waals surface area contributed by atoms with Crippen LogP contribution in [0.25, 0.3) is 0 Å². The average Bonchev–Trinajstić information content (AvgIpc) is 2.54. The summed E-state index contributed by atoms with van der Waals surface area (Å²) in [6, 6.07) is 7.81. The summed E-state index contributed by atoms with van der Waals surface area (Å²) in [5.74, 6) is -0.0924. The minimum Gasteiger partial charge on any atom is -0.313 e. The fraction of sp³-hybridized carbons (Fsp3) is 0.571. The fourth-order valence-electron chi connectivity index (χ4n) is 2.43. The van der Waals surface area contributed by atoms with Crippen molar-refractivity contribution in [1.82, 2.24) is 10.2 Å². The molecule has 1 saturated heterocycles. The van der Waals surface area contributed by atoms with E-state index in [2.05, 4.69) is 24.1 Å². The van der Waals surface area contributed by atoms with Crippen LogP contribution >= 0.6 is 0 Å². The Kier molecular flexibility index (Phi) is 4.13. The fourth-order valence-corrected chi connectivity index (χ4v) is 2.43. The number of benzene rings is 1. The number of halogens is 1. The van der Waals surface area contributed by atoms with Crippen LogP contribution in [0.15, 0.2) is 24.3 Å². The molecule has 0 saturated carbocycles. The van der Waals surface area contributed by atoms with Crippen molar-refractivity contribution in [3.63, 3.8) is 0 Å². The molecule has 1 aromatic carbocycles. The quantitative estimate of drug-likeness (QED) is 0.849. The molecule has 0 aromatic heterocycles. The van der Waals surface area contributed by atoms with E-state index in [1.807, 2.05) is 12.1 Å². The molecule has 2 unspecified atom stereocenters. The van der Waals surface area contributed by atoms with E-state index in [1.54, 1.807) is 12.1 Å². The number of nitrogens with one attached hydrogen (secondary N) is 1. The highest BCUT2D eigenvalue weighted by atomic mass is 19.1. The molecule has 0 spiro atoms. The third-order valence-electron chi connectivity index (χ3n) is 3.64. The summed E-state index contributed by atoms with van der Waals surface area (Å²) in [4.78, 5) is 2.36. The van der Waals surface area contributed by atoms with Crippen LogP contribution in [0.3, 0.4) is 0 Å². The molecule has 1 aliphatic heterocycles. The second kappa shape index (κ2) is 5.61. The molecule has 0 amide bonds. The van der Waals surface area contributed by atoms with Gasteiger partial charge in [0.25, 0.3) is 0 Å². The average molecular weight is 236 g/mol. The molecule has 0 bridgehead atoms. The number of hydrogen-bond donors (Lipinski definition) is 1. The van der Waals surface area contributed by atoms with Crippen molar-refractivity contribution in [2.24, 2.45) is 0 Å². The van der Waals surface area contributed by atoms with Gasteiger partial charge >= 0.3 is 0 Å². The molecule has 1 fully saturated rings. The van der Waals surface area contributed by atoms with E-state index in [0.29, 0.717) is 6.04 Å². The molecule has 94 valence electrons. The molecule has 2 atom stereocenters. The molecule has 2 nitrogen and oxygen atoms in total. The molecule has 2 rings (SSSR count). The largest absolute Gasteiger partial charge is 0.313 e. The Morgan fingerprint density at radius 2 is 2.12 bits per heavy atom. The summed E-state index contributed by atoms with van der Waals surface area (Å²) in [7, 11) is 0. The SMILES string of the molecule is CC1CCN(C(C)c2ccccc2F)CCN1. The van der Waals surface area contributed by atoms with Crippen molar-refractivity contribution >= 4 is 0 Å². The maximum atomic E-state index is 13.7. The maximum Gasteiger partial charge on any atom is 0.127 e. The molecule has 1 N–H and O–H groups in total. The molecule has 1 heterocycles. The normalized spacial score (nSPS) is 24.3. The first-order valence-electron chi connectivity index (χ1n) is 6.40. The summed E-state index contributed by atoms with van der Waals surface area (Å²) < 4.78 is 13.7. The topological polar surface area (TPSA) is 15.3 Å². The summed E-state index contributed by atoms with van der Waals surface area (Å²) in [6.45, 7) is 7.30. The zero-order valence-electron chi connectivity index (χ0n) is 10.6. The highest BCUT2D eigenvalue weighted by Crippen LogP contribution is 2.23. The van der Waals surface area contributed by atoms with Gasteiger partial charge in [-0.2, -0.15) is 0 Å². The van der Waals surface area contributed by atoms with Gasteiger partial charge in [-0.05, 0) is 26.3 Å². The second-order valence-corrected chi connectivity index (χ2v) is 4.88. The Bertz CT molecular complexity index is 367. The molecule has 1 aliphatic rings. The smallest absolute Gasteiger partial charge is 0.127 e. The lowest BCUT2D eigenvalue weighted by molar-refractivity contribution is 0.220. The molecule has 17 heavy (non-hydrogen) atoms. The number of rotatable bonds is 2. The molecule has 0 radical (unpaired) electrons. The second-order valence-electron chi connectivity index (χ2n) is 4.88. The first-order chi connectivity index (χ1) is 8.18. The Labute approximate surface area is 103 Å². The highest BCUT2D eigenvalue weighted by Gasteiger charge is 2.20. The van der Waals surface area contributed by atoms with Gasteiger partial charge in [-0.25, -0.2) is 4.39 Å². The van der Waals surface area contributed by atoms with Crippen LogP contribution in [0.4, 0.5) is 4.39 Å². The summed E-state index contributed by atoms with van der Waals surface area (Å²) in [5.41, 5.74) is 0.807. The van der Waals surface area contributed by atoms with Crippen LogP contribution in [0.1, 0.15) is 31.9 Å². The van der Waals surface area contributed by atoms with Gasteiger partial charge in [-0.3, -0.25) is 4.90 Å². The van der Waals surface area contributed by atoms with E-state index in [0.717, 1.165) is 31.6 Å². The van der Waals surface area contributed by atoms with Crippen LogP contribution in [0, 0.1) is 5.82 Å². The monoisotopic (exact) mass is 236 g/mol. The Morgan fingerprint density at radius 3 is 2.88 bits per heavy atom. The standard InChI is InChI=1S/C14H21FN2/c1-11-7-9-17(10-8-16-11)12(2)13-5-3-4-6-14(13)15/h3-6,11-12,16H,7-10H2,1-2H3. The number of nitrogens with zero attached hydrogens (tertiary/aromatic N) is 1. The Morgan fingerprint density at radius 1 is 1.35 bits per heavy atom. The van der Waals surface area contributed by atoms with Crippen LogP contribution in [0.5, 0.6) is 0 Å². The predicted molar refractivity (Wildman–Crippen MR) is 68.5 cm³/mol. The van der Waals surface area contributed by atoms with Gasteiger partial charge in [0.15, 0.2) is 0 Å². The van der Waals surface area contributed by atoms with Crippen molar-refractivity contribution < 1.29 is 4.39 Å². The molecular weight excluding hydrogens is 215 g/mol. The Hall–Kier alpha value is -0.930. The third kappa shape index (κ3) is 3.05. The van der Waals surface area contributed by atoms with Gasteiger partial charge in [0.1, 0.15) is 5.82 Å². The molecule has 0 aliphatic carbocycles. The van der Waals surface area contributed by atoms with Crippen molar-refractivity contribution in [2.75, 3.05) is 19.6 Å². The van der Waals surface area contributed by atoms with Gasteiger partial charge in [0, 0.05) is 37.3 Å². The first-order valence-corrected chi connectivity index (χ1v) is 6.40. The van der Waals surface area contributed by atoms with Gasteiger partial charge in [-0.15, -0.1) is 0 Å². The summed E-state index contributed by atoms with van der Waals surface area (Å²) in [5, 5.41) is 3.46. The minimum absolute atomic E-state index is 0.0924. The predicted octanol–water partition coefficient (Wildman–Crippen LogP) is 2.57. The van der Waals surface area contributed by atoms with Crippen LogP contribution in [-0.2, 0) is 0 Å². The van der Waals surface area contributed by atoms with E-state index < -0.39 is 0 Å². The molecule has 1 aromatic rings. The van der Waals surface area contributed by atoms with E-state index in [9.17, 15) is 4.39 Å². The molecule has 3 heteroatoms. The van der Waals surface area contributed by atoms with E-state index in [4.69, 9.17) is 0 Å². The van der Waals surface area contributed by atoms with Gasteiger partial charge in [-0.1, -0.05) is 18.2 Å². The van der Waals surface area contributed by atoms with E-state index in [-0.39, 0.29) is 11.9 Å². The van der Waals surface area contributed by atoms with Crippen molar-refractivity contribution in [2.45, 2.75) is 32.4 Å². The van der Waals surface area contributed by atoms with Crippen LogP contribution < -0.4 is 5.32 Å². The lowest BCUT2D eigenvalue weighted by Crippen LogP contribution is -2.31. The van der Waals surface area contributed by atoms with E-state index >= 15 is 0 Å². The van der Waals surface area contributed by atoms with Gasteiger partial charge in [0.2, 0.25) is 0 Å². The van der Waals surface area contributed by atoms with E-state index in [1.165, 1.54) is 0 Å². The zero-order chi connectivity index (χ0) is 12.3. The summed E-state index contributed by atoms with van der Waals surface area (Å²) in [6.07, 6.45) is 1.12. The number of hydrogen-bond acceptors (Lipinski definition) is 2. The molecular formula is C14H21FN2.